The highest BCUT2D eigenvalue weighted by Gasteiger charge is 2.03. The molecule has 0 saturated carbocycles. The molecule has 1 aliphatic rings. The lowest BCUT2D eigenvalue weighted by molar-refractivity contribution is 1.14. The maximum Gasteiger partial charge on any atom is 0.157 e. The largest absolute Gasteiger partial charge is 0.402 e. The second-order valence-corrected chi connectivity index (χ2v) is 5.67. The summed E-state index contributed by atoms with van der Waals surface area (Å²) in [4.78, 5) is 12.8. The van der Waals surface area contributed by atoms with Crippen LogP contribution in [0.4, 0.5) is 17.3 Å². The van der Waals surface area contributed by atoms with Crippen molar-refractivity contribution >= 4 is 39.0 Å². The number of allylic oxidation sites excluding steroid dienone is 3. The Morgan fingerprint density at radius 3 is 2.95 bits per heavy atom. The normalized spacial score (nSPS) is 15.7. The van der Waals surface area contributed by atoms with Crippen LogP contribution in [-0.2, 0) is 0 Å². The molecule has 0 amide bonds. The Morgan fingerprint density at radius 2 is 2.14 bits per heavy atom. The van der Waals surface area contributed by atoms with Crippen LogP contribution in [0.15, 0.2) is 70.0 Å². The van der Waals surface area contributed by atoms with Crippen LogP contribution in [0.2, 0.25) is 0 Å². The lowest BCUT2D eigenvalue weighted by Gasteiger charge is -2.07. The van der Waals surface area contributed by atoms with E-state index >= 15 is 0 Å². The molecule has 0 fully saturated rings. The molecule has 1 aromatic carbocycles. The Kier molecular flexibility index (Phi) is 4.29. The number of hydrogen-bond donors (Lipinski definition) is 2. The molecule has 1 heterocycles. The Bertz CT molecular complexity index is 780. The Labute approximate surface area is 136 Å². The third-order valence-electron chi connectivity index (χ3n) is 2.97. The zero-order valence-electron chi connectivity index (χ0n) is 11.7. The van der Waals surface area contributed by atoms with E-state index in [0.29, 0.717) is 11.6 Å². The Morgan fingerprint density at radius 1 is 1.23 bits per heavy atom. The molecule has 22 heavy (non-hydrogen) atoms. The van der Waals surface area contributed by atoms with E-state index in [9.17, 15) is 0 Å². The third kappa shape index (κ3) is 3.79. The van der Waals surface area contributed by atoms with Crippen LogP contribution >= 0.6 is 15.9 Å². The molecule has 1 aromatic heterocycles. The first-order valence-corrected chi connectivity index (χ1v) is 7.54. The van der Waals surface area contributed by atoms with E-state index in [1.54, 1.807) is 6.07 Å². The lowest BCUT2D eigenvalue weighted by Crippen LogP contribution is -2.04. The van der Waals surface area contributed by atoms with Gasteiger partial charge < -0.3 is 11.1 Å². The minimum atomic E-state index is 0.582. The summed E-state index contributed by atoms with van der Waals surface area (Å²) in [7, 11) is 0. The van der Waals surface area contributed by atoms with Crippen LogP contribution in [0.1, 0.15) is 6.42 Å². The van der Waals surface area contributed by atoms with Crippen LogP contribution < -0.4 is 11.1 Å². The molecule has 3 rings (SSSR count). The van der Waals surface area contributed by atoms with Crippen LogP contribution in [-0.4, -0.2) is 15.7 Å². The van der Waals surface area contributed by atoms with Crippen molar-refractivity contribution in [2.45, 2.75) is 6.42 Å². The smallest absolute Gasteiger partial charge is 0.157 e. The predicted octanol–water partition coefficient (Wildman–Crippen LogP) is 3.86. The van der Waals surface area contributed by atoms with Crippen molar-refractivity contribution in [3.05, 3.63) is 65.1 Å². The number of aliphatic imine (C=N–C) groups is 1. The molecular weight excluding hydrogens is 342 g/mol. The first kappa shape index (κ1) is 14.5. The van der Waals surface area contributed by atoms with Crippen molar-refractivity contribution in [2.75, 3.05) is 5.32 Å². The number of nitrogens with one attached hydrogen (secondary N) is 1. The number of nitrogens with zero attached hydrogens (tertiary/aromatic N) is 3. The molecule has 1 aliphatic carbocycles. The molecule has 3 N–H and O–H groups in total. The van der Waals surface area contributed by atoms with Gasteiger partial charge in [0.1, 0.15) is 12.1 Å². The van der Waals surface area contributed by atoms with Gasteiger partial charge >= 0.3 is 0 Å². The second kappa shape index (κ2) is 6.53. The van der Waals surface area contributed by atoms with Crippen molar-refractivity contribution in [3.8, 4) is 0 Å². The van der Waals surface area contributed by atoms with Crippen molar-refractivity contribution in [3.63, 3.8) is 0 Å². The van der Waals surface area contributed by atoms with Gasteiger partial charge in [0.05, 0.1) is 5.71 Å². The molecule has 110 valence electrons. The first-order valence-electron chi connectivity index (χ1n) is 6.75. The molecule has 0 radical (unpaired) electrons. The first-order chi connectivity index (χ1) is 10.7. The van der Waals surface area contributed by atoms with E-state index in [2.05, 4.69) is 36.2 Å². The average molecular weight is 356 g/mol. The highest BCUT2D eigenvalue weighted by atomic mass is 79.9. The van der Waals surface area contributed by atoms with Crippen molar-refractivity contribution < 1.29 is 0 Å². The van der Waals surface area contributed by atoms with E-state index in [1.807, 2.05) is 42.5 Å². The minimum Gasteiger partial charge on any atom is -0.402 e. The number of benzene rings is 1. The second-order valence-electron chi connectivity index (χ2n) is 4.76. The summed E-state index contributed by atoms with van der Waals surface area (Å²) in [5.41, 5.74) is 8.32. The summed E-state index contributed by atoms with van der Waals surface area (Å²) in [6, 6.07) is 9.65. The van der Waals surface area contributed by atoms with Gasteiger partial charge in [-0.15, -0.1) is 0 Å². The lowest BCUT2D eigenvalue weighted by atomic mass is 10.1. The van der Waals surface area contributed by atoms with Crippen molar-refractivity contribution in [1.29, 1.82) is 0 Å². The molecule has 0 atom stereocenters. The minimum absolute atomic E-state index is 0.582. The summed E-state index contributed by atoms with van der Waals surface area (Å²) < 4.78 is 1.000. The van der Waals surface area contributed by atoms with Gasteiger partial charge in [0.2, 0.25) is 0 Å². The van der Waals surface area contributed by atoms with Crippen LogP contribution in [0.3, 0.4) is 0 Å². The van der Waals surface area contributed by atoms with Crippen LogP contribution in [0, 0.1) is 0 Å². The van der Waals surface area contributed by atoms with Gasteiger partial charge in [0.25, 0.3) is 0 Å². The number of anilines is 2. The summed E-state index contributed by atoms with van der Waals surface area (Å²) in [5, 5.41) is 3.22. The van der Waals surface area contributed by atoms with Gasteiger partial charge in [0, 0.05) is 28.3 Å². The van der Waals surface area contributed by atoms with E-state index in [0.717, 1.165) is 28.0 Å². The average Bonchev–Trinajstić information content (AvgIpc) is 2.47. The number of nitrogens with two attached hydrogens (primary N) is 1. The standard InChI is InChI=1S/C16H14BrN5/c17-11-3-1-5-13(7-11)21-15-9-16(20-10-19-15)22-14-6-2-4-12(18)8-14/h1-3,5-10H,4,18H2,(H,19,20,21). The number of hydrogen-bond acceptors (Lipinski definition) is 5. The maximum atomic E-state index is 5.80. The summed E-state index contributed by atoms with van der Waals surface area (Å²) in [6.45, 7) is 0. The molecule has 0 bridgehead atoms. The fraction of sp³-hybridized carbons (Fsp3) is 0.0625. The highest BCUT2D eigenvalue weighted by molar-refractivity contribution is 9.10. The van der Waals surface area contributed by atoms with Gasteiger partial charge in [-0.2, -0.15) is 0 Å². The number of aromatic nitrogens is 2. The zero-order valence-corrected chi connectivity index (χ0v) is 13.3. The van der Waals surface area contributed by atoms with Gasteiger partial charge in [-0.25, -0.2) is 15.0 Å². The fourth-order valence-corrected chi connectivity index (χ4v) is 2.40. The summed E-state index contributed by atoms with van der Waals surface area (Å²) >= 11 is 3.44. The summed E-state index contributed by atoms with van der Waals surface area (Å²) in [6.07, 6.45) is 8.01. The molecule has 0 spiro atoms. The van der Waals surface area contributed by atoms with E-state index in [4.69, 9.17) is 5.73 Å². The quantitative estimate of drug-likeness (QED) is 0.876. The SMILES string of the molecule is NC1=CC(=Nc2cc(Nc3cccc(Br)c3)ncn2)C=CC1. The summed E-state index contributed by atoms with van der Waals surface area (Å²) in [5.74, 6) is 1.27. The zero-order chi connectivity index (χ0) is 15.4. The van der Waals surface area contributed by atoms with Crippen molar-refractivity contribution in [2.24, 2.45) is 10.7 Å². The van der Waals surface area contributed by atoms with Gasteiger partial charge in [-0.05, 0) is 30.4 Å². The molecule has 6 heteroatoms. The monoisotopic (exact) mass is 355 g/mol. The molecular formula is C16H14BrN5. The molecule has 2 aromatic rings. The topological polar surface area (TPSA) is 76.2 Å². The van der Waals surface area contributed by atoms with Gasteiger partial charge in [-0.3, -0.25) is 0 Å². The van der Waals surface area contributed by atoms with E-state index in [1.165, 1.54) is 6.33 Å². The van der Waals surface area contributed by atoms with Gasteiger partial charge in [0.15, 0.2) is 5.82 Å². The highest BCUT2D eigenvalue weighted by Crippen LogP contribution is 2.21. The Hall–Kier alpha value is -2.47. The van der Waals surface area contributed by atoms with Crippen LogP contribution in [0.5, 0.6) is 0 Å². The number of halogens is 1. The van der Waals surface area contributed by atoms with Gasteiger partial charge in [-0.1, -0.05) is 28.1 Å². The molecule has 0 saturated heterocycles. The predicted molar refractivity (Wildman–Crippen MR) is 92.6 cm³/mol. The third-order valence-corrected chi connectivity index (χ3v) is 3.46. The Balaban J connectivity index is 1.82. The van der Waals surface area contributed by atoms with E-state index in [-0.39, 0.29) is 0 Å². The van der Waals surface area contributed by atoms with Crippen molar-refractivity contribution in [1.82, 2.24) is 9.97 Å². The van der Waals surface area contributed by atoms with E-state index < -0.39 is 0 Å². The molecule has 0 aliphatic heterocycles. The fourth-order valence-electron chi connectivity index (χ4n) is 2.01. The molecule has 0 unspecified atom stereocenters. The molecule has 5 nitrogen and oxygen atoms in total. The maximum absolute atomic E-state index is 5.80. The number of rotatable bonds is 3. The van der Waals surface area contributed by atoms with Crippen LogP contribution in [0.25, 0.3) is 0 Å².